The van der Waals surface area contributed by atoms with E-state index in [1.54, 1.807) is 0 Å². The van der Waals surface area contributed by atoms with Gasteiger partial charge in [0.25, 0.3) is 0 Å². The van der Waals surface area contributed by atoms with Crippen molar-refractivity contribution in [2.45, 2.75) is 65.4 Å². The number of aliphatic hydroxyl groups excluding tert-OH is 1. The lowest BCUT2D eigenvalue weighted by atomic mass is 9.88. The lowest BCUT2D eigenvalue weighted by molar-refractivity contribution is 0.0988. The quantitative estimate of drug-likeness (QED) is 0.694. The average molecular weight is 248 g/mol. The van der Waals surface area contributed by atoms with Crippen LogP contribution >= 0.6 is 0 Å². The number of aliphatic hydroxyl groups is 1. The molecule has 102 valence electrons. The molecule has 2 unspecified atom stereocenters. The molecule has 18 heavy (non-hydrogen) atoms. The first-order chi connectivity index (χ1) is 8.72. The van der Waals surface area contributed by atoms with Gasteiger partial charge in [-0.3, -0.25) is 0 Å². The van der Waals surface area contributed by atoms with Crippen LogP contribution in [0.4, 0.5) is 0 Å². The standard InChI is InChI=1S/C17H28O/c1-4-7-11-15(6-3)17(18)16-12-8-10-14(13-16)9-5-2/h8,10,12-13,15,17-18H,4-7,9,11H2,1-3H3. The molecule has 0 aromatic heterocycles. The molecule has 0 aliphatic heterocycles. The smallest absolute Gasteiger partial charge is 0.0818 e. The third kappa shape index (κ3) is 4.45. The molecule has 1 aromatic carbocycles. The van der Waals surface area contributed by atoms with Crippen molar-refractivity contribution in [2.75, 3.05) is 0 Å². The molecule has 0 saturated carbocycles. The summed E-state index contributed by atoms with van der Waals surface area (Å²) in [5.41, 5.74) is 2.45. The summed E-state index contributed by atoms with van der Waals surface area (Å²) in [6, 6.07) is 8.49. The maximum Gasteiger partial charge on any atom is 0.0818 e. The molecule has 0 amide bonds. The highest BCUT2D eigenvalue weighted by atomic mass is 16.3. The molecule has 2 atom stereocenters. The van der Waals surface area contributed by atoms with Crippen molar-refractivity contribution < 1.29 is 5.11 Å². The zero-order valence-electron chi connectivity index (χ0n) is 12.2. The first kappa shape index (κ1) is 15.2. The molecule has 0 bridgehead atoms. The Morgan fingerprint density at radius 3 is 2.50 bits per heavy atom. The summed E-state index contributed by atoms with van der Waals surface area (Å²) in [5.74, 6) is 0.404. The summed E-state index contributed by atoms with van der Waals surface area (Å²) in [6.07, 6.45) is 6.58. The van der Waals surface area contributed by atoms with E-state index in [2.05, 4.69) is 45.0 Å². The minimum atomic E-state index is -0.293. The minimum Gasteiger partial charge on any atom is -0.388 e. The van der Waals surface area contributed by atoms with Crippen LogP contribution in [0.3, 0.4) is 0 Å². The monoisotopic (exact) mass is 248 g/mol. The summed E-state index contributed by atoms with van der Waals surface area (Å²) < 4.78 is 0. The summed E-state index contributed by atoms with van der Waals surface area (Å²) in [7, 11) is 0. The molecule has 0 fully saturated rings. The number of rotatable bonds is 8. The van der Waals surface area contributed by atoms with Crippen LogP contribution in [-0.2, 0) is 6.42 Å². The number of hydrogen-bond acceptors (Lipinski definition) is 1. The second-order valence-electron chi connectivity index (χ2n) is 5.25. The highest BCUT2D eigenvalue weighted by molar-refractivity contribution is 5.25. The van der Waals surface area contributed by atoms with E-state index < -0.39 is 0 Å². The molecular weight excluding hydrogens is 220 g/mol. The first-order valence-corrected chi connectivity index (χ1v) is 7.49. The Morgan fingerprint density at radius 1 is 1.11 bits per heavy atom. The van der Waals surface area contributed by atoms with Gasteiger partial charge in [-0.15, -0.1) is 0 Å². The van der Waals surface area contributed by atoms with Crippen molar-refractivity contribution in [2.24, 2.45) is 5.92 Å². The highest BCUT2D eigenvalue weighted by Crippen LogP contribution is 2.29. The van der Waals surface area contributed by atoms with Crippen LogP contribution in [0.5, 0.6) is 0 Å². The molecule has 1 nitrogen and oxygen atoms in total. The van der Waals surface area contributed by atoms with Crippen LogP contribution in [0.2, 0.25) is 0 Å². The average Bonchev–Trinajstić information content (AvgIpc) is 2.40. The first-order valence-electron chi connectivity index (χ1n) is 7.49. The van der Waals surface area contributed by atoms with Gasteiger partial charge in [-0.05, 0) is 29.9 Å². The molecule has 0 radical (unpaired) electrons. The van der Waals surface area contributed by atoms with E-state index in [-0.39, 0.29) is 6.10 Å². The van der Waals surface area contributed by atoms with E-state index in [1.807, 2.05) is 0 Å². The van der Waals surface area contributed by atoms with E-state index in [4.69, 9.17) is 0 Å². The number of benzene rings is 1. The fourth-order valence-corrected chi connectivity index (χ4v) is 2.54. The maximum atomic E-state index is 10.5. The van der Waals surface area contributed by atoms with Crippen molar-refractivity contribution >= 4 is 0 Å². The van der Waals surface area contributed by atoms with Crippen LogP contribution < -0.4 is 0 Å². The highest BCUT2D eigenvalue weighted by Gasteiger charge is 2.18. The number of unbranched alkanes of at least 4 members (excludes halogenated alkanes) is 1. The van der Waals surface area contributed by atoms with Gasteiger partial charge in [0.1, 0.15) is 0 Å². The fraction of sp³-hybridized carbons (Fsp3) is 0.647. The van der Waals surface area contributed by atoms with Gasteiger partial charge in [0.15, 0.2) is 0 Å². The SMILES string of the molecule is CCCCC(CC)C(O)c1cccc(CCC)c1. The summed E-state index contributed by atoms with van der Waals surface area (Å²) in [5, 5.41) is 10.5. The van der Waals surface area contributed by atoms with Crippen LogP contribution in [-0.4, -0.2) is 5.11 Å². The normalized spacial score (nSPS) is 14.4. The van der Waals surface area contributed by atoms with Gasteiger partial charge in [0, 0.05) is 0 Å². The molecule has 0 heterocycles. The van der Waals surface area contributed by atoms with E-state index in [0.29, 0.717) is 5.92 Å². The molecule has 1 aromatic rings. The zero-order chi connectivity index (χ0) is 13.4. The summed E-state index contributed by atoms with van der Waals surface area (Å²) in [6.45, 7) is 6.58. The fourth-order valence-electron chi connectivity index (χ4n) is 2.54. The Bertz CT molecular complexity index is 332. The topological polar surface area (TPSA) is 20.2 Å². The molecule has 0 aliphatic carbocycles. The van der Waals surface area contributed by atoms with Gasteiger partial charge in [0.2, 0.25) is 0 Å². The van der Waals surface area contributed by atoms with Gasteiger partial charge in [-0.2, -0.15) is 0 Å². The van der Waals surface area contributed by atoms with Gasteiger partial charge in [0.05, 0.1) is 6.10 Å². The predicted octanol–water partition coefficient (Wildman–Crippen LogP) is 4.89. The van der Waals surface area contributed by atoms with Crippen molar-refractivity contribution in [1.82, 2.24) is 0 Å². The third-order valence-corrected chi connectivity index (χ3v) is 3.73. The zero-order valence-corrected chi connectivity index (χ0v) is 12.2. The Hall–Kier alpha value is -0.820. The number of hydrogen-bond donors (Lipinski definition) is 1. The van der Waals surface area contributed by atoms with E-state index in [0.717, 1.165) is 31.2 Å². The summed E-state index contributed by atoms with van der Waals surface area (Å²) >= 11 is 0. The second-order valence-corrected chi connectivity index (χ2v) is 5.25. The lowest BCUT2D eigenvalue weighted by Gasteiger charge is -2.22. The lowest BCUT2D eigenvalue weighted by Crippen LogP contribution is -2.12. The Kier molecular flexibility index (Phi) is 7.04. The molecule has 0 spiro atoms. The van der Waals surface area contributed by atoms with Crippen molar-refractivity contribution in [3.05, 3.63) is 35.4 Å². The van der Waals surface area contributed by atoms with Gasteiger partial charge < -0.3 is 5.11 Å². The third-order valence-electron chi connectivity index (χ3n) is 3.73. The largest absolute Gasteiger partial charge is 0.388 e. The van der Waals surface area contributed by atoms with Gasteiger partial charge >= 0.3 is 0 Å². The molecule has 0 saturated heterocycles. The van der Waals surface area contributed by atoms with Crippen LogP contribution in [0.1, 0.15) is 70.1 Å². The molecular formula is C17H28O. The van der Waals surface area contributed by atoms with Gasteiger partial charge in [-0.1, -0.05) is 70.7 Å². The Morgan fingerprint density at radius 2 is 1.89 bits per heavy atom. The van der Waals surface area contributed by atoms with Crippen LogP contribution in [0, 0.1) is 5.92 Å². The van der Waals surface area contributed by atoms with E-state index >= 15 is 0 Å². The number of aryl methyl sites for hydroxylation is 1. The molecule has 1 rings (SSSR count). The van der Waals surface area contributed by atoms with Crippen molar-refractivity contribution in [1.29, 1.82) is 0 Å². The molecule has 1 heteroatoms. The predicted molar refractivity (Wildman–Crippen MR) is 78.7 cm³/mol. The van der Waals surface area contributed by atoms with Crippen LogP contribution in [0.25, 0.3) is 0 Å². The minimum absolute atomic E-state index is 0.293. The Balaban J connectivity index is 2.73. The summed E-state index contributed by atoms with van der Waals surface area (Å²) in [4.78, 5) is 0. The van der Waals surface area contributed by atoms with E-state index in [1.165, 1.54) is 18.4 Å². The maximum absolute atomic E-state index is 10.5. The van der Waals surface area contributed by atoms with Crippen LogP contribution in [0.15, 0.2) is 24.3 Å². The van der Waals surface area contributed by atoms with E-state index in [9.17, 15) is 5.11 Å². The van der Waals surface area contributed by atoms with Gasteiger partial charge in [-0.25, -0.2) is 0 Å². The second kappa shape index (κ2) is 8.31. The Labute approximate surface area is 112 Å². The van der Waals surface area contributed by atoms with Crippen molar-refractivity contribution in [3.63, 3.8) is 0 Å². The van der Waals surface area contributed by atoms with Crippen molar-refractivity contribution in [3.8, 4) is 0 Å². The molecule has 0 aliphatic rings. The molecule has 1 N–H and O–H groups in total.